The van der Waals surface area contributed by atoms with Gasteiger partial charge in [-0.05, 0) is 25.0 Å². The highest BCUT2D eigenvalue weighted by atomic mass is 16.4. The second kappa shape index (κ2) is 4.64. The van der Waals surface area contributed by atoms with Crippen molar-refractivity contribution in [1.82, 2.24) is 4.57 Å². The fraction of sp³-hybridized carbons (Fsp3) is 0.286. The number of para-hydroxylation sites is 1. The van der Waals surface area contributed by atoms with Gasteiger partial charge in [-0.25, -0.2) is 4.79 Å². The van der Waals surface area contributed by atoms with Crippen LogP contribution in [0.3, 0.4) is 0 Å². The Morgan fingerprint density at radius 1 is 1.39 bits per heavy atom. The van der Waals surface area contributed by atoms with Crippen LogP contribution in [-0.2, 0) is 6.54 Å². The first-order valence-electron chi connectivity index (χ1n) is 5.92. The molecule has 0 aliphatic heterocycles. The molecule has 1 N–H and O–H groups in total. The van der Waals surface area contributed by atoms with E-state index in [4.69, 9.17) is 5.11 Å². The third-order valence-electron chi connectivity index (χ3n) is 2.99. The molecular weight excluding hydrogens is 230 g/mol. The van der Waals surface area contributed by atoms with Gasteiger partial charge < -0.3 is 9.67 Å². The molecular formula is C14H15NO3. The molecule has 0 aliphatic carbocycles. The van der Waals surface area contributed by atoms with Gasteiger partial charge in [0.25, 0.3) is 0 Å². The van der Waals surface area contributed by atoms with Gasteiger partial charge in [0, 0.05) is 18.1 Å². The van der Waals surface area contributed by atoms with Crippen molar-refractivity contribution in [2.45, 2.75) is 26.8 Å². The summed E-state index contributed by atoms with van der Waals surface area (Å²) in [5, 5.41) is 9.55. The summed E-state index contributed by atoms with van der Waals surface area (Å²) in [4.78, 5) is 23.2. The summed E-state index contributed by atoms with van der Waals surface area (Å²) in [7, 11) is 0. The van der Waals surface area contributed by atoms with Gasteiger partial charge in [0.2, 0.25) is 5.43 Å². The SMILES string of the molecule is CCCn1cc(C(=O)O)c(=O)c2cccc(C)c21. The number of carboxylic acid groups (broad SMARTS) is 1. The minimum Gasteiger partial charge on any atom is -0.477 e. The monoisotopic (exact) mass is 245 g/mol. The third kappa shape index (κ3) is 1.90. The van der Waals surface area contributed by atoms with E-state index in [9.17, 15) is 9.59 Å². The largest absolute Gasteiger partial charge is 0.477 e. The molecule has 0 spiro atoms. The van der Waals surface area contributed by atoms with Crippen LogP contribution in [0.1, 0.15) is 29.3 Å². The molecule has 4 nitrogen and oxygen atoms in total. The summed E-state index contributed by atoms with van der Waals surface area (Å²) >= 11 is 0. The molecule has 18 heavy (non-hydrogen) atoms. The highest BCUT2D eigenvalue weighted by Gasteiger charge is 2.14. The van der Waals surface area contributed by atoms with E-state index in [1.54, 1.807) is 12.1 Å². The second-order valence-electron chi connectivity index (χ2n) is 4.34. The minimum atomic E-state index is -1.17. The molecule has 1 heterocycles. The van der Waals surface area contributed by atoms with Crippen molar-refractivity contribution >= 4 is 16.9 Å². The Morgan fingerprint density at radius 3 is 2.72 bits per heavy atom. The van der Waals surface area contributed by atoms with Crippen LogP contribution < -0.4 is 5.43 Å². The van der Waals surface area contributed by atoms with E-state index in [0.29, 0.717) is 11.9 Å². The zero-order chi connectivity index (χ0) is 13.3. The van der Waals surface area contributed by atoms with Crippen molar-refractivity contribution in [3.05, 3.63) is 45.7 Å². The van der Waals surface area contributed by atoms with E-state index >= 15 is 0 Å². The molecule has 0 saturated heterocycles. The standard InChI is InChI=1S/C14H15NO3/c1-3-7-15-8-11(14(17)18)13(16)10-6-4-5-9(2)12(10)15/h4-6,8H,3,7H2,1-2H3,(H,17,18). The average molecular weight is 245 g/mol. The van der Waals surface area contributed by atoms with Crippen LogP contribution in [0.2, 0.25) is 0 Å². The Labute approximate surface area is 104 Å². The van der Waals surface area contributed by atoms with Gasteiger partial charge in [-0.1, -0.05) is 19.1 Å². The number of carbonyl (C=O) groups is 1. The van der Waals surface area contributed by atoms with E-state index in [1.165, 1.54) is 6.20 Å². The van der Waals surface area contributed by atoms with Gasteiger partial charge in [-0.2, -0.15) is 0 Å². The lowest BCUT2D eigenvalue weighted by Gasteiger charge is -2.13. The first kappa shape index (κ1) is 12.4. The van der Waals surface area contributed by atoms with E-state index < -0.39 is 11.4 Å². The van der Waals surface area contributed by atoms with Crippen LogP contribution in [0.25, 0.3) is 10.9 Å². The van der Waals surface area contributed by atoms with Crippen LogP contribution in [0.5, 0.6) is 0 Å². The van der Waals surface area contributed by atoms with Crippen molar-refractivity contribution in [1.29, 1.82) is 0 Å². The number of aromatic nitrogens is 1. The Kier molecular flexibility index (Phi) is 3.19. The fourth-order valence-corrected chi connectivity index (χ4v) is 2.22. The zero-order valence-corrected chi connectivity index (χ0v) is 10.4. The number of aryl methyl sites for hydroxylation is 2. The lowest BCUT2D eigenvalue weighted by molar-refractivity contribution is 0.0695. The summed E-state index contributed by atoms with van der Waals surface area (Å²) < 4.78 is 1.86. The molecule has 94 valence electrons. The zero-order valence-electron chi connectivity index (χ0n) is 10.4. The van der Waals surface area contributed by atoms with Gasteiger partial charge in [-0.15, -0.1) is 0 Å². The summed E-state index contributed by atoms with van der Waals surface area (Å²) in [6, 6.07) is 5.39. The highest BCUT2D eigenvalue weighted by Crippen LogP contribution is 2.17. The van der Waals surface area contributed by atoms with Crippen LogP contribution >= 0.6 is 0 Å². The summed E-state index contributed by atoms with van der Waals surface area (Å²) in [5.74, 6) is -1.17. The van der Waals surface area contributed by atoms with Crippen molar-refractivity contribution < 1.29 is 9.90 Å². The molecule has 2 rings (SSSR count). The molecule has 0 aliphatic rings. The molecule has 2 aromatic rings. The fourth-order valence-electron chi connectivity index (χ4n) is 2.22. The predicted octanol–water partition coefficient (Wildman–Crippen LogP) is 2.42. The Morgan fingerprint density at radius 2 is 2.11 bits per heavy atom. The number of pyridine rings is 1. The number of aromatic carboxylic acids is 1. The van der Waals surface area contributed by atoms with Gasteiger partial charge >= 0.3 is 5.97 Å². The van der Waals surface area contributed by atoms with Gasteiger partial charge in [0.05, 0.1) is 5.52 Å². The summed E-state index contributed by atoms with van der Waals surface area (Å²) in [6.07, 6.45) is 2.33. The van der Waals surface area contributed by atoms with Crippen LogP contribution in [0, 0.1) is 6.92 Å². The maximum atomic E-state index is 12.1. The first-order valence-corrected chi connectivity index (χ1v) is 5.92. The van der Waals surface area contributed by atoms with Crippen LogP contribution in [0.4, 0.5) is 0 Å². The number of rotatable bonds is 3. The molecule has 0 radical (unpaired) electrons. The molecule has 0 unspecified atom stereocenters. The quantitative estimate of drug-likeness (QED) is 0.903. The molecule has 0 amide bonds. The van der Waals surface area contributed by atoms with E-state index in [2.05, 4.69) is 0 Å². The predicted molar refractivity (Wildman–Crippen MR) is 70.2 cm³/mol. The van der Waals surface area contributed by atoms with E-state index in [1.807, 2.05) is 24.5 Å². The number of hydrogen-bond donors (Lipinski definition) is 1. The normalized spacial score (nSPS) is 10.8. The highest BCUT2D eigenvalue weighted by molar-refractivity contribution is 5.93. The first-order chi connectivity index (χ1) is 8.56. The second-order valence-corrected chi connectivity index (χ2v) is 4.34. The maximum Gasteiger partial charge on any atom is 0.341 e. The van der Waals surface area contributed by atoms with Gasteiger partial charge in [0.1, 0.15) is 5.56 Å². The number of nitrogens with zero attached hydrogens (tertiary/aromatic N) is 1. The molecule has 0 saturated carbocycles. The third-order valence-corrected chi connectivity index (χ3v) is 2.99. The van der Waals surface area contributed by atoms with Crippen LogP contribution in [0.15, 0.2) is 29.2 Å². The number of fused-ring (bicyclic) bond motifs is 1. The lowest BCUT2D eigenvalue weighted by Crippen LogP contribution is -2.19. The van der Waals surface area contributed by atoms with Crippen molar-refractivity contribution in [3.63, 3.8) is 0 Å². The Balaban J connectivity index is 2.92. The summed E-state index contributed by atoms with van der Waals surface area (Å²) in [5.41, 5.74) is 1.24. The molecule has 1 aromatic heterocycles. The average Bonchev–Trinajstić information content (AvgIpc) is 2.32. The smallest absolute Gasteiger partial charge is 0.341 e. The Hall–Kier alpha value is -2.10. The Bertz CT molecular complexity index is 671. The van der Waals surface area contributed by atoms with Gasteiger partial charge in [-0.3, -0.25) is 4.79 Å². The molecule has 4 heteroatoms. The van der Waals surface area contributed by atoms with Gasteiger partial charge in [0.15, 0.2) is 0 Å². The molecule has 0 fully saturated rings. The number of hydrogen-bond acceptors (Lipinski definition) is 2. The van der Waals surface area contributed by atoms with Crippen molar-refractivity contribution in [2.24, 2.45) is 0 Å². The lowest BCUT2D eigenvalue weighted by atomic mass is 10.1. The number of carboxylic acids is 1. The molecule has 0 bridgehead atoms. The van der Waals surface area contributed by atoms with E-state index in [0.717, 1.165) is 17.5 Å². The van der Waals surface area contributed by atoms with Crippen molar-refractivity contribution in [2.75, 3.05) is 0 Å². The minimum absolute atomic E-state index is 0.165. The van der Waals surface area contributed by atoms with Crippen molar-refractivity contribution in [3.8, 4) is 0 Å². The molecule has 0 atom stereocenters. The van der Waals surface area contributed by atoms with Crippen LogP contribution in [-0.4, -0.2) is 15.6 Å². The summed E-state index contributed by atoms with van der Waals surface area (Å²) in [6.45, 7) is 4.64. The molecule has 1 aromatic carbocycles. The maximum absolute atomic E-state index is 12.1. The van der Waals surface area contributed by atoms with E-state index in [-0.39, 0.29) is 5.56 Å². The topological polar surface area (TPSA) is 59.3 Å². The number of benzene rings is 1.